The summed E-state index contributed by atoms with van der Waals surface area (Å²) in [6.45, 7) is 5.45. The summed E-state index contributed by atoms with van der Waals surface area (Å²) in [6, 6.07) is 0. The van der Waals surface area contributed by atoms with Crippen LogP contribution in [-0.2, 0) is 9.59 Å². The van der Waals surface area contributed by atoms with Crippen molar-refractivity contribution in [1.82, 2.24) is 0 Å². The maximum atomic E-state index is 16.7. The number of aliphatic hydroxyl groups excluding tert-OH is 1. The van der Waals surface area contributed by atoms with Gasteiger partial charge in [-0.05, 0) is 57.6 Å². The Morgan fingerprint density at radius 3 is 2.65 bits per heavy atom. The van der Waals surface area contributed by atoms with Crippen LogP contribution in [0.15, 0.2) is 34.9 Å². The van der Waals surface area contributed by atoms with E-state index in [2.05, 4.69) is 0 Å². The molecule has 0 aromatic carbocycles. The van der Waals surface area contributed by atoms with Crippen LogP contribution in [0.5, 0.6) is 0 Å². The fourth-order valence-corrected chi connectivity index (χ4v) is 6.57. The smallest absolute Gasteiger partial charge is 0.332 e. The summed E-state index contributed by atoms with van der Waals surface area (Å²) in [7, 11) is 0. The van der Waals surface area contributed by atoms with E-state index in [4.69, 9.17) is 0 Å². The number of aliphatic hydroxyl groups is 1. The molecule has 0 saturated heterocycles. The lowest BCUT2D eigenvalue weighted by Gasteiger charge is -2.61. The van der Waals surface area contributed by atoms with Gasteiger partial charge in [-0.15, -0.1) is 0 Å². The van der Waals surface area contributed by atoms with Crippen molar-refractivity contribution in [3.05, 3.63) is 34.9 Å². The molecule has 0 aromatic heterocycles. The van der Waals surface area contributed by atoms with Crippen molar-refractivity contribution in [1.29, 1.82) is 0 Å². The van der Waals surface area contributed by atoms with Gasteiger partial charge in [-0.2, -0.15) is 0 Å². The number of carboxylic acid groups (broad SMARTS) is 1. The first-order chi connectivity index (χ1) is 12.1. The molecule has 0 bridgehead atoms. The van der Waals surface area contributed by atoms with Gasteiger partial charge in [0, 0.05) is 22.3 Å². The fraction of sp³-hybridized carbons (Fsp3) is 0.619. The Morgan fingerprint density at radius 2 is 2.00 bits per heavy atom. The second-order valence-electron chi connectivity index (χ2n) is 8.93. The molecule has 0 heterocycles. The molecule has 6 atom stereocenters. The number of halogens is 1. The predicted octanol–water partition coefficient (Wildman–Crippen LogP) is 3.37. The van der Waals surface area contributed by atoms with Crippen LogP contribution in [0.1, 0.15) is 46.5 Å². The van der Waals surface area contributed by atoms with E-state index in [1.807, 2.05) is 13.8 Å². The standard InChI is InChI=1S/C21H25FO4/c1-11-8-15-14-5-4-12-9-13(23)6-7-20(12,3)21(14,22)16(24)10-19(15,2)17(11)18(25)26/h6-7,9,14-16,24H,4-5,8,10H2,1-3H3,(H,25,26). The third kappa shape index (κ3) is 1.87. The number of allylic oxidation sites excluding steroid dienone is 5. The lowest BCUT2D eigenvalue weighted by atomic mass is 9.45. The number of hydrogen-bond donors (Lipinski definition) is 2. The molecule has 0 aromatic rings. The summed E-state index contributed by atoms with van der Waals surface area (Å²) in [4.78, 5) is 23.6. The highest BCUT2D eigenvalue weighted by atomic mass is 19.1. The minimum absolute atomic E-state index is 0.0916. The second kappa shape index (κ2) is 5.16. The Morgan fingerprint density at radius 1 is 1.31 bits per heavy atom. The predicted molar refractivity (Wildman–Crippen MR) is 94.1 cm³/mol. The van der Waals surface area contributed by atoms with Gasteiger partial charge in [0.25, 0.3) is 0 Å². The van der Waals surface area contributed by atoms with Crippen LogP contribution in [0.3, 0.4) is 0 Å². The van der Waals surface area contributed by atoms with Crippen LogP contribution in [0.25, 0.3) is 0 Å². The zero-order valence-corrected chi connectivity index (χ0v) is 15.4. The largest absolute Gasteiger partial charge is 0.478 e. The molecule has 140 valence electrons. The van der Waals surface area contributed by atoms with Crippen molar-refractivity contribution in [3.8, 4) is 0 Å². The number of carbonyl (C=O) groups is 2. The lowest BCUT2D eigenvalue weighted by Crippen LogP contribution is -2.66. The van der Waals surface area contributed by atoms with E-state index >= 15 is 4.39 Å². The van der Waals surface area contributed by atoms with Crippen LogP contribution in [0, 0.1) is 22.7 Å². The third-order valence-corrected chi connectivity index (χ3v) is 7.77. The Bertz CT molecular complexity index is 809. The minimum atomic E-state index is -1.90. The third-order valence-electron chi connectivity index (χ3n) is 7.77. The number of alkyl halides is 1. The summed E-state index contributed by atoms with van der Waals surface area (Å²) >= 11 is 0. The van der Waals surface area contributed by atoms with Crippen molar-refractivity contribution >= 4 is 11.8 Å². The van der Waals surface area contributed by atoms with Crippen LogP contribution < -0.4 is 0 Å². The first-order valence-corrected chi connectivity index (χ1v) is 9.30. The molecule has 0 spiro atoms. The van der Waals surface area contributed by atoms with Crippen LogP contribution in [0.4, 0.5) is 4.39 Å². The van der Waals surface area contributed by atoms with Gasteiger partial charge in [0.05, 0.1) is 6.10 Å². The summed E-state index contributed by atoms with van der Waals surface area (Å²) < 4.78 is 16.7. The number of carboxylic acids is 1. The van der Waals surface area contributed by atoms with Crippen LogP contribution in [0.2, 0.25) is 0 Å². The van der Waals surface area contributed by atoms with Gasteiger partial charge in [0.15, 0.2) is 11.5 Å². The molecule has 0 amide bonds. The number of aliphatic carboxylic acids is 1. The lowest BCUT2D eigenvalue weighted by molar-refractivity contribution is -0.186. The van der Waals surface area contributed by atoms with E-state index in [9.17, 15) is 19.8 Å². The van der Waals surface area contributed by atoms with E-state index in [0.29, 0.717) is 24.8 Å². The molecule has 26 heavy (non-hydrogen) atoms. The zero-order valence-electron chi connectivity index (χ0n) is 15.4. The Hall–Kier alpha value is -1.75. The van der Waals surface area contributed by atoms with E-state index in [-0.39, 0.29) is 18.1 Å². The van der Waals surface area contributed by atoms with Gasteiger partial charge >= 0.3 is 5.97 Å². The molecular weight excluding hydrogens is 335 g/mol. The highest BCUT2D eigenvalue weighted by molar-refractivity contribution is 6.01. The van der Waals surface area contributed by atoms with Gasteiger partial charge in [-0.1, -0.05) is 24.1 Å². The monoisotopic (exact) mass is 360 g/mol. The first-order valence-electron chi connectivity index (χ1n) is 9.30. The Labute approximate surface area is 152 Å². The molecule has 4 aliphatic carbocycles. The molecule has 4 aliphatic rings. The summed E-state index contributed by atoms with van der Waals surface area (Å²) in [5.74, 6) is -1.69. The van der Waals surface area contributed by atoms with E-state index in [1.54, 1.807) is 13.0 Å². The van der Waals surface area contributed by atoms with Gasteiger partial charge in [-0.3, -0.25) is 4.79 Å². The van der Waals surface area contributed by atoms with Crippen molar-refractivity contribution in [2.45, 2.75) is 58.2 Å². The zero-order chi connectivity index (χ0) is 19.1. The molecule has 0 aliphatic heterocycles. The van der Waals surface area contributed by atoms with Gasteiger partial charge in [0.1, 0.15) is 0 Å². The molecule has 2 N–H and O–H groups in total. The maximum Gasteiger partial charge on any atom is 0.332 e. The van der Waals surface area contributed by atoms with Gasteiger partial charge in [-0.25, -0.2) is 9.18 Å². The van der Waals surface area contributed by atoms with Crippen molar-refractivity contribution in [2.24, 2.45) is 22.7 Å². The van der Waals surface area contributed by atoms with Gasteiger partial charge < -0.3 is 10.2 Å². The number of hydrogen-bond acceptors (Lipinski definition) is 3. The Balaban J connectivity index is 1.84. The number of carbonyl (C=O) groups excluding carboxylic acids is 1. The van der Waals surface area contributed by atoms with Crippen LogP contribution in [-0.4, -0.2) is 33.7 Å². The molecular formula is C21H25FO4. The molecule has 2 fully saturated rings. The minimum Gasteiger partial charge on any atom is -0.478 e. The SMILES string of the molecule is CC1=C(C(=O)O)C2(C)CC(O)C3(F)C(CCC4=CC(=O)C=CC43C)C2C1. The van der Waals surface area contributed by atoms with Gasteiger partial charge in [0.2, 0.25) is 0 Å². The quantitative estimate of drug-likeness (QED) is 0.752. The number of rotatable bonds is 1. The number of fused-ring (bicyclic) bond motifs is 5. The Kier molecular flexibility index (Phi) is 3.50. The topological polar surface area (TPSA) is 74.6 Å². The average Bonchev–Trinajstić information content (AvgIpc) is 2.80. The second-order valence-corrected chi connectivity index (χ2v) is 8.93. The molecule has 2 saturated carbocycles. The highest BCUT2D eigenvalue weighted by Crippen LogP contribution is 2.68. The van der Waals surface area contributed by atoms with Crippen LogP contribution >= 0.6 is 0 Å². The summed E-state index contributed by atoms with van der Waals surface area (Å²) in [5, 5.41) is 20.7. The molecule has 4 nitrogen and oxygen atoms in total. The highest BCUT2D eigenvalue weighted by Gasteiger charge is 2.70. The van der Waals surface area contributed by atoms with Crippen molar-refractivity contribution in [3.63, 3.8) is 0 Å². The summed E-state index contributed by atoms with van der Waals surface area (Å²) in [6.07, 6.45) is 5.03. The maximum absolute atomic E-state index is 16.7. The van der Waals surface area contributed by atoms with E-state index in [1.165, 1.54) is 12.2 Å². The van der Waals surface area contributed by atoms with E-state index in [0.717, 1.165) is 11.1 Å². The molecule has 0 radical (unpaired) electrons. The molecule has 4 rings (SSSR count). The van der Waals surface area contributed by atoms with E-state index < -0.39 is 34.5 Å². The molecule has 5 heteroatoms. The first kappa shape index (κ1) is 17.7. The number of ketones is 1. The molecule has 6 unspecified atom stereocenters. The van der Waals surface area contributed by atoms with Crippen molar-refractivity contribution in [2.75, 3.05) is 0 Å². The average molecular weight is 360 g/mol. The normalized spacial score (nSPS) is 47.2. The summed E-state index contributed by atoms with van der Waals surface area (Å²) in [5.41, 5.74) is -1.75. The van der Waals surface area contributed by atoms with Crippen molar-refractivity contribution < 1.29 is 24.2 Å². The fourth-order valence-electron chi connectivity index (χ4n) is 6.57.